The molecule has 1 aliphatic rings. The summed E-state index contributed by atoms with van der Waals surface area (Å²) < 4.78 is 26.8. The quantitative estimate of drug-likeness (QED) is 0.882. The third-order valence-corrected chi connectivity index (χ3v) is 7.02. The number of thioether (sulfide) groups is 1. The summed E-state index contributed by atoms with van der Waals surface area (Å²) in [4.78, 5) is 12.6. The van der Waals surface area contributed by atoms with E-state index >= 15 is 0 Å². The Balaban J connectivity index is 2.20. The van der Waals surface area contributed by atoms with Crippen LogP contribution in [0, 0.1) is 5.92 Å². The maximum Gasteiger partial charge on any atom is 0.262 e. The first kappa shape index (κ1) is 16.8. The van der Waals surface area contributed by atoms with Gasteiger partial charge in [0.15, 0.2) is 0 Å². The Hall–Kier alpha value is -0.570. The Bertz CT molecular complexity index is 590. The van der Waals surface area contributed by atoms with Crippen molar-refractivity contribution in [3.8, 4) is 0 Å². The van der Waals surface area contributed by atoms with Crippen LogP contribution in [0.1, 0.15) is 23.5 Å². The molecule has 1 N–H and O–H groups in total. The first-order valence-electron chi connectivity index (χ1n) is 6.86. The van der Waals surface area contributed by atoms with Crippen LogP contribution in [0.2, 0.25) is 0 Å². The molecule has 1 fully saturated rings. The first-order valence-corrected chi connectivity index (χ1v) is 10.3. The van der Waals surface area contributed by atoms with Gasteiger partial charge in [0.25, 0.3) is 5.91 Å². The number of nitrogens with one attached hydrogen (secondary N) is 1. The number of thiophene rings is 1. The van der Waals surface area contributed by atoms with Crippen molar-refractivity contribution < 1.29 is 13.2 Å². The normalized spacial score (nSPS) is 17.1. The molecule has 5 nitrogen and oxygen atoms in total. The van der Waals surface area contributed by atoms with E-state index in [1.807, 2.05) is 13.8 Å². The molecule has 1 saturated heterocycles. The number of sulfonamides is 1. The van der Waals surface area contributed by atoms with Crippen LogP contribution in [-0.2, 0) is 10.0 Å². The first-order chi connectivity index (χ1) is 9.93. The Morgan fingerprint density at radius 3 is 2.67 bits per heavy atom. The minimum absolute atomic E-state index is 0.139. The molecule has 0 aromatic carbocycles. The van der Waals surface area contributed by atoms with E-state index in [0.29, 0.717) is 25.6 Å². The van der Waals surface area contributed by atoms with Gasteiger partial charge < -0.3 is 5.32 Å². The van der Waals surface area contributed by atoms with Gasteiger partial charge >= 0.3 is 0 Å². The lowest BCUT2D eigenvalue weighted by molar-refractivity contribution is 0.0950. The van der Waals surface area contributed by atoms with Crippen molar-refractivity contribution in [1.29, 1.82) is 0 Å². The van der Waals surface area contributed by atoms with Gasteiger partial charge in [0.05, 0.1) is 0 Å². The van der Waals surface area contributed by atoms with Crippen LogP contribution in [0.25, 0.3) is 0 Å². The minimum Gasteiger partial charge on any atom is -0.351 e. The highest BCUT2D eigenvalue weighted by molar-refractivity contribution is 7.99. The zero-order valence-electron chi connectivity index (χ0n) is 12.2. The number of carbonyl (C=O) groups is 1. The van der Waals surface area contributed by atoms with Crippen LogP contribution >= 0.6 is 23.1 Å². The molecule has 1 aromatic heterocycles. The lowest BCUT2D eigenvalue weighted by Crippen LogP contribution is -2.38. The van der Waals surface area contributed by atoms with Crippen LogP contribution in [0.3, 0.4) is 0 Å². The molecule has 2 rings (SSSR count). The van der Waals surface area contributed by atoms with E-state index in [0.717, 1.165) is 11.5 Å². The van der Waals surface area contributed by atoms with Crippen LogP contribution < -0.4 is 5.32 Å². The van der Waals surface area contributed by atoms with Crippen molar-refractivity contribution in [3.05, 3.63) is 16.3 Å². The summed E-state index contributed by atoms with van der Waals surface area (Å²) in [5.41, 5.74) is 0. The van der Waals surface area contributed by atoms with Crippen molar-refractivity contribution >= 4 is 39.0 Å². The molecule has 1 aliphatic heterocycles. The third kappa shape index (κ3) is 4.00. The van der Waals surface area contributed by atoms with Crippen molar-refractivity contribution in [2.75, 3.05) is 31.1 Å². The monoisotopic (exact) mass is 348 g/mol. The molecule has 2 heterocycles. The smallest absolute Gasteiger partial charge is 0.262 e. The van der Waals surface area contributed by atoms with Gasteiger partial charge in [-0.05, 0) is 17.4 Å². The highest BCUT2D eigenvalue weighted by atomic mass is 32.2. The average Bonchev–Trinajstić information content (AvgIpc) is 2.96. The Morgan fingerprint density at radius 1 is 1.38 bits per heavy atom. The largest absolute Gasteiger partial charge is 0.351 e. The van der Waals surface area contributed by atoms with Crippen molar-refractivity contribution in [3.63, 3.8) is 0 Å². The zero-order chi connectivity index (χ0) is 15.5. The van der Waals surface area contributed by atoms with E-state index in [2.05, 4.69) is 5.32 Å². The van der Waals surface area contributed by atoms with E-state index < -0.39 is 10.0 Å². The summed E-state index contributed by atoms with van der Waals surface area (Å²) in [6, 6.07) is 1.53. The molecule has 21 heavy (non-hydrogen) atoms. The number of carbonyl (C=O) groups excluding carboxylic acids is 1. The van der Waals surface area contributed by atoms with Crippen LogP contribution in [-0.4, -0.2) is 49.8 Å². The maximum atomic E-state index is 12.7. The predicted octanol–water partition coefficient (Wildman–Crippen LogP) is 1.87. The summed E-state index contributed by atoms with van der Waals surface area (Å²) in [7, 11) is -3.56. The summed E-state index contributed by atoms with van der Waals surface area (Å²) in [5, 5.41) is 4.45. The molecular formula is C13H20N2O3S3. The molecule has 0 spiro atoms. The molecule has 0 saturated carbocycles. The fourth-order valence-corrected chi connectivity index (χ4v) is 5.86. The Kier molecular flexibility index (Phi) is 5.70. The predicted molar refractivity (Wildman–Crippen MR) is 87.6 cm³/mol. The lowest BCUT2D eigenvalue weighted by Gasteiger charge is -2.25. The van der Waals surface area contributed by atoms with E-state index in [-0.39, 0.29) is 15.7 Å². The Labute approximate surface area is 134 Å². The molecule has 0 bridgehead atoms. The van der Waals surface area contributed by atoms with E-state index in [1.165, 1.54) is 21.7 Å². The fraction of sp³-hybridized carbons (Fsp3) is 0.615. The maximum absolute atomic E-state index is 12.7. The third-order valence-electron chi connectivity index (χ3n) is 3.09. The van der Waals surface area contributed by atoms with Gasteiger partial charge in [0, 0.05) is 31.1 Å². The van der Waals surface area contributed by atoms with Crippen molar-refractivity contribution in [2.45, 2.75) is 18.7 Å². The van der Waals surface area contributed by atoms with Gasteiger partial charge in [-0.2, -0.15) is 16.1 Å². The fourth-order valence-electron chi connectivity index (χ4n) is 1.97. The lowest BCUT2D eigenvalue weighted by atomic mass is 10.2. The number of amides is 1. The highest BCUT2D eigenvalue weighted by Crippen LogP contribution is 2.27. The molecule has 118 valence electrons. The van der Waals surface area contributed by atoms with E-state index in [4.69, 9.17) is 0 Å². The topological polar surface area (TPSA) is 66.5 Å². The molecule has 1 amide bonds. The molecule has 0 atom stereocenters. The molecule has 0 radical (unpaired) electrons. The van der Waals surface area contributed by atoms with Gasteiger partial charge in [0.1, 0.15) is 9.77 Å². The summed E-state index contributed by atoms with van der Waals surface area (Å²) >= 11 is 2.93. The van der Waals surface area contributed by atoms with E-state index in [9.17, 15) is 13.2 Å². The number of nitrogens with zero attached hydrogens (tertiary/aromatic N) is 1. The van der Waals surface area contributed by atoms with Crippen LogP contribution in [0.5, 0.6) is 0 Å². The highest BCUT2D eigenvalue weighted by Gasteiger charge is 2.31. The average molecular weight is 349 g/mol. The summed E-state index contributed by atoms with van der Waals surface area (Å²) in [6.45, 7) is 5.55. The molecule has 1 aromatic rings. The van der Waals surface area contributed by atoms with Crippen LogP contribution in [0.15, 0.2) is 16.3 Å². The van der Waals surface area contributed by atoms with Gasteiger partial charge in [-0.15, -0.1) is 11.3 Å². The van der Waals surface area contributed by atoms with Gasteiger partial charge in [-0.3, -0.25) is 4.79 Å². The minimum atomic E-state index is -3.56. The summed E-state index contributed by atoms with van der Waals surface area (Å²) in [6.07, 6.45) is 0. The van der Waals surface area contributed by atoms with E-state index in [1.54, 1.807) is 17.1 Å². The second-order valence-electron chi connectivity index (χ2n) is 5.23. The van der Waals surface area contributed by atoms with Gasteiger partial charge in [0.2, 0.25) is 10.0 Å². The second kappa shape index (κ2) is 7.13. The standard InChI is InChI=1S/C13H20N2O3S3/c1-10(2)9-14-13(16)12-11(3-6-20-12)21(17,18)15-4-7-19-8-5-15/h3,6,10H,4-5,7-9H2,1-2H3,(H,14,16). The number of hydrogen-bond donors (Lipinski definition) is 1. The SMILES string of the molecule is CC(C)CNC(=O)c1sccc1S(=O)(=O)N1CCSCC1. The van der Waals surface area contributed by atoms with Crippen molar-refractivity contribution in [2.24, 2.45) is 5.92 Å². The molecular weight excluding hydrogens is 328 g/mol. The molecule has 0 aliphatic carbocycles. The van der Waals surface area contributed by atoms with Gasteiger partial charge in [-0.25, -0.2) is 8.42 Å². The summed E-state index contributed by atoms with van der Waals surface area (Å²) in [5.74, 6) is 1.63. The second-order valence-corrected chi connectivity index (χ2v) is 9.28. The van der Waals surface area contributed by atoms with Crippen molar-refractivity contribution in [1.82, 2.24) is 9.62 Å². The van der Waals surface area contributed by atoms with Crippen LogP contribution in [0.4, 0.5) is 0 Å². The number of hydrogen-bond acceptors (Lipinski definition) is 5. The Morgan fingerprint density at radius 2 is 2.05 bits per heavy atom. The van der Waals surface area contributed by atoms with Gasteiger partial charge in [-0.1, -0.05) is 13.8 Å². The molecule has 0 unspecified atom stereocenters. The number of rotatable bonds is 5. The zero-order valence-corrected chi connectivity index (χ0v) is 14.6. The molecule has 8 heteroatoms.